The molecule has 3 amide bonds. The van der Waals surface area contributed by atoms with Crippen molar-refractivity contribution < 1.29 is 38.1 Å². The number of aromatic hydroxyl groups is 1. The number of fused-ring (bicyclic) bond motifs is 3. The van der Waals surface area contributed by atoms with Crippen molar-refractivity contribution in [1.82, 2.24) is 35.0 Å². The average Bonchev–Trinajstić information content (AvgIpc) is 4.08. The Bertz CT molecular complexity index is 3120. The lowest BCUT2D eigenvalue weighted by atomic mass is 9.57. The van der Waals surface area contributed by atoms with Crippen LogP contribution in [0.2, 0.25) is 0 Å². The number of imide groups is 1. The molecular weight excluding hydrogens is 957 g/mol. The number of aliphatic hydroxyl groups excluding tert-OH is 1. The summed E-state index contributed by atoms with van der Waals surface area (Å²) in [5, 5.41) is 25.1. The molecule has 0 radical (unpaired) electrons. The number of amides is 3. The van der Waals surface area contributed by atoms with Crippen molar-refractivity contribution in [2.75, 3.05) is 81.9 Å². The van der Waals surface area contributed by atoms with E-state index in [1.54, 1.807) is 23.2 Å². The second-order valence-electron chi connectivity index (χ2n) is 23.9. The van der Waals surface area contributed by atoms with Crippen molar-refractivity contribution >= 4 is 50.9 Å². The molecule has 75 heavy (non-hydrogen) atoms. The summed E-state index contributed by atoms with van der Waals surface area (Å²) >= 11 is 0. The highest BCUT2D eigenvalue weighted by Crippen LogP contribution is 2.55. The smallest absolute Gasteiger partial charge is 0.319 e. The number of pyridine rings is 1. The van der Waals surface area contributed by atoms with Gasteiger partial charge in [0, 0.05) is 93.7 Å². The van der Waals surface area contributed by atoms with Crippen LogP contribution in [0.25, 0.3) is 32.9 Å². The standard InChI is InChI=1S/C58H67F2N9O6/c1-2-41-45(59)7-4-36-23-39(70)24-43(48(36)41)50-49(60)51-44(29-61-50)52(68-15-3-10-58(33-68)27-40(71)28-58)64-55(63-51)75-34-57(11-12-57)32-66-16-13-56(14-17-66)25-35(26-56)30-65-18-20-67(21-19-65)38-5-6-42-37(22-38)31-69(54(42)74)46-8-9-47(72)62-53(46)73/h4-7,22-24,29,35,40,46,70-71H,2-3,8-21,25-28,30-34H2,1H3,(H,62,72,73)/t40-,46-,58+/m0/s1. The molecule has 17 heteroatoms. The predicted octanol–water partition coefficient (Wildman–Crippen LogP) is 7.37. The van der Waals surface area contributed by atoms with E-state index in [0.717, 1.165) is 109 Å². The topological polar surface area (TPSA) is 168 Å². The van der Waals surface area contributed by atoms with Gasteiger partial charge in [0.15, 0.2) is 5.82 Å². The van der Waals surface area contributed by atoms with Crippen LogP contribution in [0, 0.1) is 33.8 Å². The summed E-state index contributed by atoms with van der Waals surface area (Å²) < 4.78 is 39.1. The highest BCUT2D eigenvalue weighted by Gasteiger charge is 2.50. The van der Waals surface area contributed by atoms with Crippen molar-refractivity contribution in [3.8, 4) is 23.0 Å². The van der Waals surface area contributed by atoms with Gasteiger partial charge in [0.2, 0.25) is 11.8 Å². The third-order valence-corrected chi connectivity index (χ3v) is 18.8. The number of carbonyl (C=O) groups is 3. The maximum absolute atomic E-state index is 17.3. The van der Waals surface area contributed by atoms with Gasteiger partial charge in [-0.2, -0.15) is 9.97 Å². The molecule has 3 aliphatic carbocycles. The third-order valence-electron chi connectivity index (χ3n) is 18.8. The first-order chi connectivity index (χ1) is 36.2. The van der Waals surface area contributed by atoms with Gasteiger partial charge in [0.25, 0.3) is 5.91 Å². The molecule has 2 aromatic heterocycles. The Hall–Kier alpha value is -6.04. The summed E-state index contributed by atoms with van der Waals surface area (Å²) in [6.07, 6.45) is 12.7. The van der Waals surface area contributed by atoms with Gasteiger partial charge in [-0.3, -0.25) is 29.6 Å². The van der Waals surface area contributed by atoms with E-state index >= 15 is 8.78 Å². The summed E-state index contributed by atoms with van der Waals surface area (Å²) in [7, 11) is 0. The number of anilines is 2. The average molecular weight is 1020 g/mol. The third kappa shape index (κ3) is 8.93. The molecule has 0 unspecified atom stereocenters. The van der Waals surface area contributed by atoms with Crippen molar-refractivity contribution in [3.63, 3.8) is 0 Å². The highest BCUT2D eigenvalue weighted by atomic mass is 19.1. The Morgan fingerprint density at radius 2 is 1.64 bits per heavy atom. The zero-order valence-corrected chi connectivity index (χ0v) is 42.9. The number of nitrogens with zero attached hydrogens (tertiary/aromatic N) is 8. The number of phenols is 1. The van der Waals surface area contributed by atoms with Gasteiger partial charge in [-0.1, -0.05) is 13.0 Å². The predicted molar refractivity (Wildman–Crippen MR) is 279 cm³/mol. The van der Waals surface area contributed by atoms with Crippen LogP contribution >= 0.6 is 0 Å². The van der Waals surface area contributed by atoms with E-state index in [2.05, 4.69) is 36.0 Å². The van der Waals surface area contributed by atoms with Gasteiger partial charge >= 0.3 is 6.01 Å². The van der Waals surface area contributed by atoms with E-state index in [1.165, 1.54) is 37.8 Å². The number of ether oxygens (including phenoxy) is 1. The molecular formula is C58H67F2N9O6. The summed E-state index contributed by atoms with van der Waals surface area (Å²) in [6.45, 7) is 12.2. The lowest BCUT2D eigenvalue weighted by Gasteiger charge is -2.54. The maximum Gasteiger partial charge on any atom is 0.319 e. The molecule has 394 valence electrons. The van der Waals surface area contributed by atoms with Gasteiger partial charge in [-0.25, -0.2) is 8.78 Å². The second-order valence-corrected chi connectivity index (χ2v) is 23.9. The van der Waals surface area contributed by atoms with E-state index < -0.39 is 17.7 Å². The summed E-state index contributed by atoms with van der Waals surface area (Å²) in [5.74, 6) is -0.667. The van der Waals surface area contributed by atoms with Crippen molar-refractivity contribution in [1.29, 1.82) is 0 Å². The minimum Gasteiger partial charge on any atom is -0.508 e. The van der Waals surface area contributed by atoms with E-state index in [0.29, 0.717) is 82.5 Å². The molecule has 7 fully saturated rings. The number of aliphatic hydroxyl groups is 1. The lowest BCUT2D eigenvalue weighted by molar-refractivity contribution is -0.136. The van der Waals surface area contributed by atoms with Crippen molar-refractivity contribution in [2.45, 2.75) is 109 Å². The number of piperidine rings is 3. The van der Waals surface area contributed by atoms with Gasteiger partial charge in [0.1, 0.15) is 34.6 Å². The van der Waals surface area contributed by atoms with E-state index in [1.807, 2.05) is 19.1 Å². The molecule has 5 aromatic rings. The molecule has 3 N–H and O–H groups in total. The number of aryl methyl sites for hydroxylation is 1. The Balaban J connectivity index is 0.633. The van der Waals surface area contributed by atoms with E-state index in [-0.39, 0.29) is 64.0 Å². The largest absolute Gasteiger partial charge is 0.508 e. The van der Waals surface area contributed by atoms with Crippen LogP contribution < -0.4 is 19.9 Å². The molecule has 13 rings (SSSR count). The number of hydrogen-bond donors (Lipinski definition) is 3. The monoisotopic (exact) mass is 1020 g/mol. The van der Waals surface area contributed by atoms with Gasteiger partial charge < -0.3 is 34.5 Å². The first-order valence-electron chi connectivity index (χ1n) is 27.6. The molecule has 1 atom stereocenters. The lowest BCUT2D eigenvalue weighted by Crippen LogP contribution is -2.53. The Labute approximate surface area is 435 Å². The minimum absolute atomic E-state index is 0.0179. The molecule has 15 nitrogen and oxygen atoms in total. The van der Waals surface area contributed by atoms with Gasteiger partial charge in [0.05, 0.1) is 18.1 Å². The molecule has 4 saturated heterocycles. The van der Waals surface area contributed by atoms with Gasteiger partial charge in [-0.05, 0) is 165 Å². The Morgan fingerprint density at radius 3 is 2.39 bits per heavy atom. The number of likely N-dealkylation sites (tertiary alicyclic amines) is 1. The fraction of sp³-hybridized carbons (Fsp3) is 0.552. The summed E-state index contributed by atoms with van der Waals surface area (Å²) in [4.78, 5) is 63.4. The van der Waals surface area contributed by atoms with Crippen LogP contribution in [0.1, 0.15) is 105 Å². The molecule has 5 aliphatic heterocycles. The summed E-state index contributed by atoms with van der Waals surface area (Å²) in [5.41, 5.74) is 3.86. The number of aromatic nitrogens is 3. The Morgan fingerprint density at radius 1 is 0.840 bits per heavy atom. The maximum atomic E-state index is 17.3. The summed E-state index contributed by atoms with van der Waals surface area (Å²) in [6, 6.07) is 11.5. The quantitative estimate of drug-likeness (QED) is 0.106. The molecule has 7 heterocycles. The highest BCUT2D eigenvalue weighted by molar-refractivity contribution is 6.06. The molecule has 8 aliphatic rings. The van der Waals surface area contributed by atoms with Crippen molar-refractivity contribution in [3.05, 3.63) is 77.0 Å². The normalized spacial score (nSPS) is 23.8. The number of hydrogen-bond acceptors (Lipinski definition) is 13. The molecule has 3 aromatic carbocycles. The first-order valence-corrected chi connectivity index (χ1v) is 27.6. The first kappa shape index (κ1) is 48.6. The minimum atomic E-state index is -0.677. The number of halogens is 2. The number of piperazine rings is 1. The zero-order valence-electron chi connectivity index (χ0n) is 42.9. The number of carbonyl (C=O) groups excluding carboxylic acids is 3. The van der Waals surface area contributed by atoms with Crippen LogP contribution in [0.4, 0.5) is 20.3 Å². The second kappa shape index (κ2) is 18.6. The van der Waals surface area contributed by atoms with Crippen LogP contribution in [0.5, 0.6) is 11.8 Å². The number of nitrogens with one attached hydrogen (secondary N) is 1. The van der Waals surface area contributed by atoms with Crippen LogP contribution in [0.15, 0.2) is 48.7 Å². The van der Waals surface area contributed by atoms with Gasteiger partial charge in [-0.15, -0.1) is 0 Å². The molecule has 3 saturated carbocycles. The van der Waals surface area contributed by atoms with Crippen LogP contribution in [-0.4, -0.2) is 142 Å². The SMILES string of the molecule is CCc1c(F)ccc2cc(O)cc(-c3ncc4c(N5CCC[C@]6(C5)C[C@@H](O)C6)nc(OCC5(CN6CCC7(CC6)CC(CN6CCN(c8ccc9c(c8)CN([C@H]8CCC(=O)NC8=O)C9=O)CC6)C7)CC5)nc4c3F)c12. The fourth-order valence-electron chi connectivity index (χ4n) is 14.6. The number of benzene rings is 3. The van der Waals surface area contributed by atoms with Crippen molar-refractivity contribution in [2.24, 2.45) is 22.2 Å². The zero-order chi connectivity index (χ0) is 51.4. The van der Waals surface area contributed by atoms with E-state index in [9.17, 15) is 24.6 Å². The van der Waals surface area contributed by atoms with Crippen LogP contribution in [0.3, 0.4) is 0 Å². The number of rotatable bonds is 12. The molecule has 0 bridgehead atoms. The van der Waals surface area contributed by atoms with E-state index in [4.69, 9.17) is 14.7 Å². The fourth-order valence-corrected chi connectivity index (χ4v) is 14.6. The van der Waals surface area contributed by atoms with Crippen LogP contribution in [-0.2, 0) is 22.6 Å². The Kier molecular flexibility index (Phi) is 12.1. The number of phenolic OH excluding ortho intramolecular Hbond substituents is 1. The molecule has 2 spiro atoms.